The van der Waals surface area contributed by atoms with E-state index in [1.807, 2.05) is 0 Å². The first-order chi connectivity index (χ1) is 7.35. The van der Waals surface area contributed by atoms with Crippen molar-refractivity contribution in [3.63, 3.8) is 0 Å². The molecule has 0 aromatic carbocycles. The molecule has 0 fully saturated rings. The number of thiophene rings is 1. The Bertz CT molecular complexity index is 297. The van der Waals surface area contributed by atoms with Crippen LogP contribution in [0.3, 0.4) is 0 Å². The molecule has 2 heteroatoms. The van der Waals surface area contributed by atoms with Crippen LogP contribution in [0.25, 0.3) is 0 Å². The molecule has 1 heterocycles. The van der Waals surface area contributed by atoms with Crippen LogP contribution in [-0.4, -0.2) is 12.1 Å². The molecule has 1 N–H and O–H groups in total. The van der Waals surface area contributed by atoms with Gasteiger partial charge in [-0.05, 0) is 61.4 Å². The summed E-state index contributed by atoms with van der Waals surface area (Å²) in [6.07, 6.45) is 2.39. The van der Waals surface area contributed by atoms with Crippen LogP contribution in [0.1, 0.15) is 46.6 Å². The standard InChI is InChI=1S/C14H25NS/c1-6-14(5,11-15-13(2,3)4)9-12-7-8-16-10-12/h7-8,10,15H,6,9,11H2,1-5H3. The van der Waals surface area contributed by atoms with E-state index in [2.05, 4.69) is 56.8 Å². The third-order valence-electron chi connectivity index (χ3n) is 3.11. The monoisotopic (exact) mass is 239 g/mol. The zero-order valence-electron chi connectivity index (χ0n) is 11.3. The van der Waals surface area contributed by atoms with Gasteiger partial charge in [0.2, 0.25) is 0 Å². The maximum Gasteiger partial charge on any atom is 0.00967 e. The minimum Gasteiger partial charge on any atom is -0.312 e. The third kappa shape index (κ3) is 4.67. The lowest BCUT2D eigenvalue weighted by molar-refractivity contribution is 0.255. The fourth-order valence-electron chi connectivity index (χ4n) is 1.68. The Labute approximate surface area is 104 Å². The van der Waals surface area contributed by atoms with Gasteiger partial charge in [0.05, 0.1) is 0 Å². The summed E-state index contributed by atoms with van der Waals surface area (Å²) in [5.41, 5.74) is 2.06. The van der Waals surface area contributed by atoms with Crippen molar-refractivity contribution < 1.29 is 0 Å². The number of rotatable bonds is 5. The van der Waals surface area contributed by atoms with Gasteiger partial charge in [-0.3, -0.25) is 0 Å². The fraction of sp³-hybridized carbons (Fsp3) is 0.714. The molecule has 0 aliphatic rings. The van der Waals surface area contributed by atoms with Gasteiger partial charge in [0.25, 0.3) is 0 Å². The average Bonchev–Trinajstić information content (AvgIpc) is 2.66. The second kappa shape index (κ2) is 5.33. The molecule has 1 aromatic rings. The number of nitrogens with one attached hydrogen (secondary N) is 1. The molecule has 0 aliphatic carbocycles. The average molecular weight is 239 g/mol. The molecule has 0 amide bonds. The zero-order chi connectivity index (χ0) is 12.2. The number of hydrogen-bond donors (Lipinski definition) is 1. The minimum atomic E-state index is 0.213. The van der Waals surface area contributed by atoms with Crippen LogP contribution < -0.4 is 5.32 Å². The van der Waals surface area contributed by atoms with Crippen LogP contribution in [0.5, 0.6) is 0 Å². The normalized spacial score (nSPS) is 16.1. The maximum absolute atomic E-state index is 3.63. The Hall–Kier alpha value is -0.340. The quantitative estimate of drug-likeness (QED) is 0.816. The van der Waals surface area contributed by atoms with Gasteiger partial charge in [0.1, 0.15) is 0 Å². The maximum atomic E-state index is 3.63. The molecule has 92 valence electrons. The molecule has 16 heavy (non-hydrogen) atoms. The minimum absolute atomic E-state index is 0.213. The highest BCUT2D eigenvalue weighted by Gasteiger charge is 2.24. The van der Waals surface area contributed by atoms with E-state index < -0.39 is 0 Å². The topological polar surface area (TPSA) is 12.0 Å². The first-order valence-electron chi connectivity index (χ1n) is 6.11. The van der Waals surface area contributed by atoms with Gasteiger partial charge in [-0.2, -0.15) is 11.3 Å². The summed E-state index contributed by atoms with van der Waals surface area (Å²) in [6, 6.07) is 2.25. The van der Waals surface area contributed by atoms with Crippen LogP contribution in [0.4, 0.5) is 0 Å². The Kier molecular flexibility index (Phi) is 4.57. The Morgan fingerprint density at radius 2 is 1.94 bits per heavy atom. The summed E-state index contributed by atoms with van der Waals surface area (Å²) in [5.74, 6) is 0. The smallest absolute Gasteiger partial charge is 0.00967 e. The lowest BCUT2D eigenvalue weighted by atomic mass is 9.81. The Morgan fingerprint density at radius 3 is 2.38 bits per heavy atom. The van der Waals surface area contributed by atoms with Gasteiger partial charge < -0.3 is 5.32 Å². The summed E-state index contributed by atoms with van der Waals surface area (Å²) >= 11 is 1.79. The highest BCUT2D eigenvalue weighted by atomic mass is 32.1. The van der Waals surface area contributed by atoms with Crippen molar-refractivity contribution in [3.05, 3.63) is 22.4 Å². The summed E-state index contributed by atoms with van der Waals surface area (Å²) in [5, 5.41) is 8.07. The summed E-state index contributed by atoms with van der Waals surface area (Å²) in [6.45, 7) is 12.4. The van der Waals surface area contributed by atoms with Gasteiger partial charge in [0.15, 0.2) is 0 Å². The molecule has 1 aromatic heterocycles. The first-order valence-corrected chi connectivity index (χ1v) is 7.05. The van der Waals surface area contributed by atoms with E-state index in [1.54, 1.807) is 11.3 Å². The Morgan fingerprint density at radius 1 is 1.25 bits per heavy atom. The SMILES string of the molecule is CCC(C)(CNC(C)(C)C)Cc1ccsc1. The van der Waals surface area contributed by atoms with E-state index >= 15 is 0 Å². The second-order valence-corrected chi connectivity index (χ2v) is 6.86. The molecular weight excluding hydrogens is 214 g/mol. The van der Waals surface area contributed by atoms with Crippen molar-refractivity contribution in [2.24, 2.45) is 5.41 Å². The molecule has 1 unspecified atom stereocenters. The van der Waals surface area contributed by atoms with Crippen molar-refractivity contribution in [3.8, 4) is 0 Å². The van der Waals surface area contributed by atoms with Crippen molar-refractivity contribution in [1.82, 2.24) is 5.32 Å². The molecule has 0 bridgehead atoms. The predicted molar refractivity (Wildman–Crippen MR) is 74.2 cm³/mol. The summed E-state index contributed by atoms with van der Waals surface area (Å²) in [7, 11) is 0. The highest BCUT2D eigenvalue weighted by molar-refractivity contribution is 7.07. The highest BCUT2D eigenvalue weighted by Crippen LogP contribution is 2.27. The van der Waals surface area contributed by atoms with E-state index in [0.717, 1.165) is 6.54 Å². The van der Waals surface area contributed by atoms with Gasteiger partial charge in [-0.25, -0.2) is 0 Å². The van der Waals surface area contributed by atoms with E-state index in [9.17, 15) is 0 Å². The largest absolute Gasteiger partial charge is 0.312 e. The lowest BCUT2D eigenvalue weighted by Crippen LogP contribution is -2.43. The van der Waals surface area contributed by atoms with Crippen LogP contribution in [-0.2, 0) is 6.42 Å². The van der Waals surface area contributed by atoms with Gasteiger partial charge >= 0.3 is 0 Å². The molecule has 0 spiro atoms. The molecule has 0 aliphatic heterocycles. The molecule has 0 saturated carbocycles. The molecule has 1 atom stereocenters. The van der Waals surface area contributed by atoms with E-state index in [0.29, 0.717) is 5.41 Å². The van der Waals surface area contributed by atoms with Crippen molar-refractivity contribution in [1.29, 1.82) is 0 Å². The molecule has 0 saturated heterocycles. The van der Waals surface area contributed by atoms with Gasteiger partial charge in [0, 0.05) is 12.1 Å². The molecule has 0 radical (unpaired) electrons. The van der Waals surface area contributed by atoms with E-state index in [-0.39, 0.29) is 5.54 Å². The number of hydrogen-bond acceptors (Lipinski definition) is 2. The lowest BCUT2D eigenvalue weighted by Gasteiger charge is -2.32. The molecule has 1 nitrogen and oxygen atoms in total. The zero-order valence-corrected chi connectivity index (χ0v) is 12.1. The third-order valence-corrected chi connectivity index (χ3v) is 3.84. The van der Waals surface area contributed by atoms with Crippen LogP contribution >= 0.6 is 11.3 Å². The van der Waals surface area contributed by atoms with Crippen LogP contribution in [0, 0.1) is 5.41 Å². The first kappa shape index (κ1) is 13.7. The van der Waals surface area contributed by atoms with Crippen molar-refractivity contribution in [2.45, 2.75) is 53.0 Å². The molecular formula is C14H25NS. The van der Waals surface area contributed by atoms with Gasteiger partial charge in [-0.1, -0.05) is 13.8 Å². The van der Waals surface area contributed by atoms with Crippen molar-refractivity contribution >= 4 is 11.3 Å². The van der Waals surface area contributed by atoms with Crippen LogP contribution in [0.15, 0.2) is 16.8 Å². The summed E-state index contributed by atoms with van der Waals surface area (Å²) in [4.78, 5) is 0. The Balaban J connectivity index is 2.56. The molecule has 1 rings (SSSR count). The fourth-order valence-corrected chi connectivity index (χ4v) is 2.35. The van der Waals surface area contributed by atoms with Crippen molar-refractivity contribution in [2.75, 3.05) is 6.54 Å². The predicted octanol–water partition coefficient (Wildman–Crippen LogP) is 4.10. The van der Waals surface area contributed by atoms with Gasteiger partial charge in [-0.15, -0.1) is 0 Å². The second-order valence-electron chi connectivity index (χ2n) is 6.08. The van der Waals surface area contributed by atoms with E-state index in [1.165, 1.54) is 18.4 Å². The van der Waals surface area contributed by atoms with E-state index in [4.69, 9.17) is 0 Å². The summed E-state index contributed by atoms with van der Waals surface area (Å²) < 4.78 is 0. The van der Waals surface area contributed by atoms with Crippen LogP contribution in [0.2, 0.25) is 0 Å².